The number of ether oxygens (including phenoxy) is 5. The standard InChI is InChI=1S/C27H43N5O10S/c1-17(2)38-12-11-32-18-9-10-31(15-39-19(33)13-28-24(36)41-26(3,4)5)21(18)22(35)30-23(32)43-16-40-20(34)14-29-25(37)42-27(6,7)8/h9-10,17,23H,11-16H2,1-8H3,(H,28,36)(H,29,37)(H,30,35). The fourth-order valence-corrected chi connectivity index (χ4v) is 4.43. The van der Waals surface area contributed by atoms with E-state index in [0.29, 0.717) is 18.8 Å². The van der Waals surface area contributed by atoms with Crippen molar-refractivity contribution in [1.82, 2.24) is 20.5 Å². The minimum Gasteiger partial charge on any atom is -0.453 e. The van der Waals surface area contributed by atoms with Crippen molar-refractivity contribution in [2.24, 2.45) is 0 Å². The van der Waals surface area contributed by atoms with Crippen LogP contribution in [0.5, 0.6) is 0 Å². The van der Waals surface area contributed by atoms with E-state index in [0.717, 1.165) is 11.8 Å². The third kappa shape index (κ3) is 13.0. The van der Waals surface area contributed by atoms with Crippen molar-refractivity contribution < 1.29 is 47.7 Å². The third-order valence-electron chi connectivity index (χ3n) is 5.15. The molecule has 3 amide bonds. The molecular weight excluding hydrogens is 586 g/mol. The first-order valence-corrected chi connectivity index (χ1v) is 14.7. The number of hydrogen-bond donors (Lipinski definition) is 3. The van der Waals surface area contributed by atoms with Crippen LogP contribution in [-0.4, -0.2) is 89.6 Å². The molecule has 0 spiro atoms. The number of rotatable bonds is 13. The summed E-state index contributed by atoms with van der Waals surface area (Å²) in [5.41, 5.74) is -1.21. The monoisotopic (exact) mass is 629 g/mol. The zero-order valence-electron chi connectivity index (χ0n) is 25.9. The lowest BCUT2D eigenvalue weighted by molar-refractivity contribution is -0.146. The van der Waals surface area contributed by atoms with E-state index >= 15 is 0 Å². The van der Waals surface area contributed by atoms with Crippen molar-refractivity contribution in [3.63, 3.8) is 0 Å². The first-order chi connectivity index (χ1) is 19.9. The third-order valence-corrected chi connectivity index (χ3v) is 6.09. The summed E-state index contributed by atoms with van der Waals surface area (Å²) in [5.74, 6) is -1.94. The Hall–Kier alpha value is -3.66. The molecule has 0 aliphatic carbocycles. The van der Waals surface area contributed by atoms with Gasteiger partial charge in [0.1, 0.15) is 35.9 Å². The maximum atomic E-state index is 13.1. The SMILES string of the molecule is CC(C)OCCN1c2ccn(COC(=O)CNC(=O)OC(C)(C)C)c2C(=O)NC1SCOC(=O)CNC(=O)OC(C)(C)C. The fraction of sp³-hybridized carbons (Fsp3) is 0.667. The second-order valence-electron chi connectivity index (χ2n) is 11.6. The molecule has 43 heavy (non-hydrogen) atoms. The second kappa shape index (κ2) is 15.7. The van der Waals surface area contributed by atoms with Gasteiger partial charge in [0.15, 0.2) is 12.2 Å². The number of carbonyl (C=O) groups is 5. The van der Waals surface area contributed by atoms with Crippen molar-refractivity contribution in [1.29, 1.82) is 0 Å². The van der Waals surface area contributed by atoms with Crippen LogP contribution in [-0.2, 0) is 40.0 Å². The Morgan fingerprint density at radius 1 is 0.953 bits per heavy atom. The smallest absolute Gasteiger partial charge is 0.408 e. The number of anilines is 1. The summed E-state index contributed by atoms with van der Waals surface area (Å²) in [7, 11) is 0. The van der Waals surface area contributed by atoms with Gasteiger partial charge in [-0.05, 0) is 61.5 Å². The molecule has 242 valence electrons. The van der Waals surface area contributed by atoms with Crippen LogP contribution in [0.15, 0.2) is 12.3 Å². The summed E-state index contributed by atoms with van der Waals surface area (Å²) in [5, 5.41) is 7.52. The van der Waals surface area contributed by atoms with E-state index in [1.54, 1.807) is 53.8 Å². The Kier molecular flexibility index (Phi) is 13.0. The average Bonchev–Trinajstić information content (AvgIpc) is 3.29. The minimum atomic E-state index is -0.755. The molecular formula is C27H43N5O10S. The molecule has 0 saturated heterocycles. The van der Waals surface area contributed by atoms with Crippen LogP contribution in [0.25, 0.3) is 0 Å². The first kappa shape index (κ1) is 35.5. The molecule has 1 aliphatic heterocycles. The number of thioether (sulfide) groups is 1. The molecule has 1 atom stereocenters. The summed E-state index contributed by atoms with van der Waals surface area (Å²) < 4.78 is 27.8. The largest absolute Gasteiger partial charge is 0.453 e. The van der Waals surface area contributed by atoms with Gasteiger partial charge in [-0.1, -0.05) is 11.8 Å². The summed E-state index contributed by atoms with van der Waals surface area (Å²) in [6, 6.07) is 1.71. The number of amides is 3. The molecule has 0 saturated carbocycles. The Morgan fingerprint density at radius 3 is 2.05 bits per heavy atom. The van der Waals surface area contributed by atoms with E-state index < -0.39 is 53.3 Å². The van der Waals surface area contributed by atoms with Gasteiger partial charge in [0.25, 0.3) is 5.91 Å². The van der Waals surface area contributed by atoms with Crippen molar-refractivity contribution >= 4 is 47.5 Å². The lowest BCUT2D eigenvalue weighted by Gasteiger charge is -2.37. The Morgan fingerprint density at radius 2 is 1.51 bits per heavy atom. The predicted octanol–water partition coefficient (Wildman–Crippen LogP) is 2.53. The molecule has 16 heteroatoms. The number of esters is 2. The lowest BCUT2D eigenvalue weighted by atomic mass is 10.2. The van der Waals surface area contributed by atoms with Gasteiger partial charge in [-0.2, -0.15) is 0 Å². The molecule has 2 rings (SSSR count). The van der Waals surface area contributed by atoms with Crippen molar-refractivity contribution in [3.8, 4) is 0 Å². The lowest BCUT2D eigenvalue weighted by Crippen LogP contribution is -2.52. The molecule has 0 radical (unpaired) electrons. The van der Waals surface area contributed by atoms with Gasteiger partial charge in [0.05, 0.1) is 18.4 Å². The minimum absolute atomic E-state index is 0.0123. The number of carbonyl (C=O) groups excluding carboxylic acids is 5. The van der Waals surface area contributed by atoms with Gasteiger partial charge in [0.2, 0.25) is 0 Å². The Labute approximate surface area is 255 Å². The molecule has 0 aromatic carbocycles. The zero-order valence-corrected chi connectivity index (χ0v) is 26.8. The maximum absolute atomic E-state index is 13.1. The van der Waals surface area contributed by atoms with Crippen LogP contribution in [0.4, 0.5) is 15.3 Å². The molecule has 1 aromatic heterocycles. The zero-order chi connectivity index (χ0) is 32.4. The van der Waals surface area contributed by atoms with E-state index in [9.17, 15) is 24.0 Å². The highest BCUT2D eigenvalue weighted by molar-refractivity contribution is 7.99. The van der Waals surface area contributed by atoms with Gasteiger partial charge in [-0.3, -0.25) is 14.4 Å². The quantitative estimate of drug-likeness (QED) is 0.165. The molecule has 1 aliphatic rings. The number of hydrogen-bond acceptors (Lipinski definition) is 12. The van der Waals surface area contributed by atoms with Crippen molar-refractivity contribution in [2.45, 2.75) is 84.9 Å². The molecule has 0 fully saturated rings. The van der Waals surface area contributed by atoms with Gasteiger partial charge in [-0.15, -0.1) is 0 Å². The highest BCUT2D eigenvalue weighted by Gasteiger charge is 2.34. The number of fused-ring (bicyclic) bond motifs is 1. The fourth-order valence-electron chi connectivity index (χ4n) is 3.51. The van der Waals surface area contributed by atoms with E-state index in [4.69, 9.17) is 23.7 Å². The van der Waals surface area contributed by atoms with Gasteiger partial charge < -0.3 is 49.1 Å². The highest BCUT2D eigenvalue weighted by Crippen LogP contribution is 2.31. The Bertz CT molecular complexity index is 1140. The summed E-state index contributed by atoms with van der Waals surface area (Å²) >= 11 is 1.15. The molecule has 15 nitrogen and oxygen atoms in total. The van der Waals surface area contributed by atoms with Crippen LogP contribution < -0.4 is 20.9 Å². The summed E-state index contributed by atoms with van der Waals surface area (Å²) in [4.78, 5) is 62.8. The summed E-state index contributed by atoms with van der Waals surface area (Å²) in [6.45, 7) is 13.7. The van der Waals surface area contributed by atoms with Crippen molar-refractivity contribution in [2.75, 3.05) is 37.1 Å². The predicted molar refractivity (Wildman–Crippen MR) is 157 cm³/mol. The maximum Gasteiger partial charge on any atom is 0.408 e. The van der Waals surface area contributed by atoms with Gasteiger partial charge in [0, 0.05) is 12.7 Å². The molecule has 3 N–H and O–H groups in total. The highest BCUT2D eigenvalue weighted by atomic mass is 32.2. The van der Waals surface area contributed by atoms with Crippen LogP contribution in [0.3, 0.4) is 0 Å². The van der Waals surface area contributed by atoms with Gasteiger partial charge in [-0.25, -0.2) is 9.59 Å². The number of alkyl carbamates (subject to hydrolysis) is 2. The van der Waals surface area contributed by atoms with Crippen LogP contribution in [0.1, 0.15) is 65.9 Å². The Balaban J connectivity index is 1.99. The van der Waals surface area contributed by atoms with E-state index in [-0.39, 0.29) is 31.0 Å². The van der Waals surface area contributed by atoms with Crippen LogP contribution in [0, 0.1) is 0 Å². The average molecular weight is 630 g/mol. The topological polar surface area (TPSA) is 176 Å². The number of nitrogens with zero attached hydrogens (tertiary/aromatic N) is 2. The summed E-state index contributed by atoms with van der Waals surface area (Å²) in [6.07, 6.45) is 0.0940. The normalized spacial score (nSPS) is 14.9. The second-order valence-corrected chi connectivity index (χ2v) is 12.6. The first-order valence-electron chi connectivity index (χ1n) is 13.7. The number of aromatic nitrogens is 1. The van der Waals surface area contributed by atoms with Crippen molar-refractivity contribution in [3.05, 3.63) is 18.0 Å². The molecule has 1 aromatic rings. The van der Waals surface area contributed by atoms with Gasteiger partial charge >= 0.3 is 24.1 Å². The number of nitrogens with one attached hydrogen (secondary N) is 3. The molecule has 1 unspecified atom stereocenters. The van der Waals surface area contributed by atoms with Crippen LogP contribution in [0.2, 0.25) is 0 Å². The van der Waals surface area contributed by atoms with E-state index in [1.807, 2.05) is 18.7 Å². The van der Waals surface area contributed by atoms with Crippen LogP contribution >= 0.6 is 11.8 Å². The molecule has 2 heterocycles. The molecule has 0 bridgehead atoms. The van der Waals surface area contributed by atoms with E-state index in [1.165, 1.54) is 4.57 Å². The van der Waals surface area contributed by atoms with E-state index in [2.05, 4.69) is 16.0 Å².